The fraction of sp³-hybridized carbons (Fsp3) is 0.273. The van der Waals surface area contributed by atoms with E-state index in [-0.39, 0.29) is 6.54 Å². The third-order valence-electron chi connectivity index (χ3n) is 2.10. The molecule has 1 rings (SSSR count). The van der Waals surface area contributed by atoms with Gasteiger partial charge in [-0.1, -0.05) is 30.3 Å². The molecule has 15 heavy (non-hydrogen) atoms. The Morgan fingerprint density at radius 1 is 1.53 bits per heavy atom. The largest absolute Gasteiger partial charge is 0.465 e. The van der Waals surface area contributed by atoms with Gasteiger partial charge in [-0.2, -0.15) is 5.26 Å². The van der Waals surface area contributed by atoms with Gasteiger partial charge in [0.05, 0.1) is 12.6 Å². The lowest BCUT2D eigenvalue weighted by molar-refractivity contribution is 0.135. The molecular formula is C11H12N2O2. The quantitative estimate of drug-likeness (QED) is 0.819. The van der Waals surface area contributed by atoms with Crippen molar-refractivity contribution in [2.24, 2.45) is 0 Å². The molecule has 1 aromatic carbocycles. The Hall–Kier alpha value is -2.02. The van der Waals surface area contributed by atoms with Gasteiger partial charge in [-0.25, -0.2) is 4.79 Å². The van der Waals surface area contributed by atoms with E-state index in [2.05, 4.69) is 0 Å². The predicted molar refractivity (Wildman–Crippen MR) is 55.1 cm³/mol. The normalized spacial score (nSPS) is 11.5. The molecule has 0 aliphatic carbocycles. The van der Waals surface area contributed by atoms with Crippen molar-refractivity contribution in [3.63, 3.8) is 0 Å². The molecule has 1 aromatic rings. The molecule has 0 aliphatic heterocycles. The molecule has 1 amide bonds. The minimum absolute atomic E-state index is 0.241. The van der Waals surface area contributed by atoms with Crippen molar-refractivity contribution in [2.45, 2.75) is 19.5 Å². The summed E-state index contributed by atoms with van der Waals surface area (Å²) in [6.45, 7) is 1.81. The van der Waals surface area contributed by atoms with Gasteiger partial charge in [0.15, 0.2) is 0 Å². The van der Waals surface area contributed by atoms with E-state index in [1.165, 1.54) is 0 Å². The van der Waals surface area contributed by atoms with Crippen LogP contribution in [0.2, 0.25) is 0 Å². The number of amides is 1. The second-order valence-electron chi connectivity index (χ2n) is 3.20. The van der Waals surface area contributed by atoms with Gasteiger partial charge in [-0.05, 0) is 12.5 Å². The van der Waals surface area contributed by atoms with E-state index >= 15 is 0 Å². The lowest BCUT2D eigenvalue weighted by Crippen LogP contribution is -2.36. The average molecular weight is 204 g/mol. The summed E-state index contributed by atoms with van der Waals surface area (Å²) in [5.74, 6) is 0. The van der Waals surface area contributed by atoms with Crippen molar-refractivity contribution in [3.8, 4) is 6.07 Å². The molecule has 0 radical (unpaired) electrons. The van der Waals surface area contributed by atoms with E-state index in [0.29, 0.717) is 0 Å². The lowest BCUT2D eigenvalue weighted by atomic mass is 10.2. The maximum absolute atomic E-state index is 10.9. The number of hydrogen-bond donors (Lipinski definition) is 1. The molecule has 0 bridgehead atoms. The van der Waals surface area contributed by atoms with Gasteiger partial charge in [0, 0.05) is 0 Å². The first-order valence-electron chi connectivity index (χ1n) is 4.58. The minimum Gasteiger partial charge on any atom is -0.465 e. The zero-order valence-electron chi connectivity index (χ0n) is 8.42. The second-order valence-corrected chi connectivity index (χ2v) is 3.20. The van der Waals surface area contributed by atoms with Crippen LogP contribution >= 0.6 is 0 Å². The maximum atomic E-state index is 10.9. The van der Waals surface area contributed by atoms with Crippen LogP contribution in [0.25, 0.3) is 0 Å². The standard InChI is InChI=1S/C11H12N2O2/c1-9(7-12)13(11(14)15)8-10-5-3-2-4-6-10/h2-6,9H,8H2,1H3,(H,14,15)/t9-/m0/s1. The Morgan fingerprint density at radius 2 is 2.13 bits per heavy atom. The summed E-state index contributed by atoms with van der Waals surface area (Å²) in [6, 6.07) is 10.5. The first-order chi connectivity index (χ1) is 7.15. The maximum Gasteiger partial charge on any atom is 0.408 e. The smallest absolute Gasteiger partial charge is 0.408 e. The van der Waals surface area contributed by atoms with Gasteiger partial charge < -0.3 is 5.11 Å². The summed E-state index contributed by atoms with van der Waals surface area (Å²) in [4.78, 5) is 12.0. The summed E-state index contributed by atoms with van der Waals surface area (Å²) in [5.41, 5.74) is 0.877. The number of hydrogen-bond acceptors (Lipinski definition) is 2. The number of carbonyl (C=O) groups is 1. The summed E-state index contributed by atoms with van der Waals surface area (Å²) in [5, 5.41) is 17.6. The van der Waals surface area contributed by atoms with Crippen LogP contribution in [0.3, 0.4) is 0 Å². The Morgan fingerprint density at radius 3 is 2.60 bits per heavy atom. The number of benzene rings is 1. The summed E-state index contributed by atoms with van der Waals surface area (Å²) >= 11 is 0. The van der Waals surface area contributed by atoms with Crippen LogP contribution in [0.4, 0.5) is 4.79 Å². The molecule has 4 nitrogen and oxygen atoms in total. The summed E-state index contributed by atoms with van der Waals surface area (Å²) in [7, 11) is 0. The third-order valence-corrected chi connectivity index (χ3v) is 2.10. The van der Waals surface area contributed by atoms with Crippen LogP contribution in [0.1, 0.15) is 12.5 Å². The van der Waals surface area contributed by atoms with Crippen molar-refractivity contribution < 1.29 is 9.90 Å². The van der Waals surface area contributed by atoms with E-state index in [1.54, 1.807) is 6.92 Å². The van der Waals surface area contributed by atoms with E-state index in [9.17, 15) is 4.79 Å². The molecule has 0 aromatic heterocycles. The molecule has 1 atom stereocenters. The topological polar surface area (TPSA) is 64.3 Å². The van der Waals surface area contributed by atoms with Crippen LogP contribution < -0.4 is 0 Å². The van der Waals surface area contributed by atoms with Gasteiger partial charge in [-0.3, -0.25) is 4.90 Å². The zero-order chi connectivity index (χ0) is 11.3. The van der Waals surface area contributed by atoms with Gasteiger partial charge in [0.1, 0.15) is 6.04 Å². The van der Waals surface area contributed by atoms with Crippen LogP contribution in [0.15, 0.2) is 30.3 Å². The van der Waals surface area contributed by atoms with Crippen LogP contribution in [0.5, 0.6) is 0 Å². The molecule has 0 saturated carbocycles. The monoisotopic (exact) mass is 204 g/mol. The third kappa shape index (κ3) is 2.99. The Labute approximate surface area is 88.4 Å². The van der Waals surface area contributed by atoms with E-state index < -0.39 is 12.1 Å². The molecule has 0 spiro atoms. The predicted octanol–water partition coefficient (Wildman–Crippen LogP) is 2.08. The highest BCUT2D eigenvalue weighted by molar-refractivity contribution is 5.65. The zero-order valence-corrected chi connectivity index (χ0v) is 8.42. The molecule has 0 heterocycles. The number of rotatable bonds is 3. The molecule has 78 valence electrons. The molecule has 0 saturated heterocycles. The van der Waals surface area contributed by atoms with Crippen molar-refractivity contribution in [1.29, 1.82) is 5.26 Å². The highest BCUT2D eigenvalue weighted by Gasteiger charge is 2.18. The fourth-order valence-corrected chi connectivity index (χ4v) is 1.22. The van der Waals surface area contributed by atoms with Crippen molar-refractivity contribution in [3.05, 3.63) is 35.9 Å². The Bertz CT molecular complexity index is 370. The van der Waals surface area contributed by atoms with Crippen LogP contribution in [-0.2, 0) is 6.54 Å². The van der Waals surface area contributed by atoms with Gasteiger partial charge in [0.25, 0.3) is 0 Å². The van der Waals surface area contributed by atoms with Gasteiger partial charge in [0.2, 0.25) is 0 Å². The minimum atomic E-state index is -1.08. The van der Waals surface area contributed by atoms with E-state index in [1.807, 2.05) is 36.4 Å². The highest BCUT2D eigenvalue weighted by Crippen LogP contribution is 2.07. The first kappa shape index (κ1) is 11.1. The number of carboxylic acid groups (broad SMARTS) is 1. The first-order valence-corrected chi connectivity index (χ1v) is 4.58. The highest BCUT2D eigenvalue weighted by atomic mass is 16.4. The van der Waals surface area contributed by atoms with Crippen molar-refractivity contribution in [2.75, 3.05) is 0 Å². The molecule has 0 fully saturated rings. The molecule has 1 N–H and O–H groups in total. The Kier molecular flexibility index (Phi) is 3.69. The molecule has 0 unspecified atom stereocenters. The molecule has 0 aliphatic rings. The van der Waals surface area contributed by atoms with Crippen LogP contribution in [0, 0.1) is 11.3 Å². The van der Waals surface area contributed by atoms with E-state index in [4.69, 9.17) is 10.4 Å². The fourth-order valence-electron chi connectivity index (χ4n) is 1.22. The van der Waals surface area contributed by atoms with Gasteiger partial charge in [-0.15, -0.1) is 0 Å². The lowest BCUT2D eigenvalue weighted by Gasteiger charge is -2.21. The number of nitrogens with zero attached hydrogens (tertiary/aromatic N) is 2. The van der Waals surface area contributed by atoms with Crippen molar-refractivity contribution >= 4 is 6.09 Å². The van der Waals surface area contributed by atoms with Crippen LogP contribution in [-0.4, -0.2) is 22.1 Å². The second kappa shape index (κ2) is 5.01. The molecular weight excluding hydrogens is 192 g/mol. The summed E-state index contributed by atoms with van der Waals surface area (Å²) in [6.07, 6.45) is -1.08. The number of nitriles is 1. The SMILES string of the molecule is C[C@@H](C#N)N(Cc1ccccc1)C(=O)O. The Balaban J connectivity index is 2.77. The summed E-state index contributed by atoms with van der Waals surface area (Å²) < 4.78 is 0. The molecule has 4 heteroatoms. The van der Waals surface area contributed by atoms with Gasteiger partial charge >= 0.3 is 6.09 Å². The van der Waals surface area contributed by atoms with Crippen molar-refractivity contribution in [1.82, 2.24) is 4.90 Å². The average Bonchev–Trinajstić information content (AvgIpc) is 2.26. The van der Waals surface area contributed by atoms with E-state index in [0.717, 1.165) is 10.5 Å².